The molecule has 3 atom stereocenters. The summed E-state index contributed by atoms with van der Waals surface area (Å²) in [6.07, 6.45) is 0.0276. The summed E-state index contributed by atoms with van der Waals surface area (Å²) in [6.45, 7) is 2.60. The molecule has 0 aromatic heterocycles. The fraction of sp³-hybridized carbons (Fsp3) is 0.250. The van der Waals surface area contributed by atoms with Gasteiger partial charge in [0.05, 0.1) is 6.10 Å². The van der Waals surface area contributed by atoms with Gasteiger partial charge < -0.3 is 15.6 Å². The molecule has 0 aliphatic heterocycles. The van der Waals surface area contributed by atoms with E-state index in [4.69, 9.17) is 22.1 Å². The molecule has 3 aromatic carbocycles. The summed E-state index contributed by atoms with van der Waals surface area (Å²) in [5, 5.41) is 11.2. The Bertz CT molecular complexity index is 867. The van der Waals surface area contributed by atoms with Crippen LogP contribution in [0, 0.1) is 5.92 Å². The van der Waals surface area contributed by atoms with E-state index in [2.05, 4.69) is 19.1 Å². The highest BCUT2D eigenvalue weighted by Gasteiger charge is 2.23. The minimum absolute atomic E-state index is 0.102. The number of benzene rings is 3. The highest BCUT2D eigenvalue weighted by atomic mass is 35.5. The van der Waals surface area contributed by atoms with E-state index in [1.807, 2.05) is 54.6 Å². The lowest BCUT2D eigenvalue weighted by Crippen LogP contribution is -2.36. The third-order valence-electron chi connectivity index (χ3n) is 4.94. The van der Waals surface area contributed by atoms with E-state index in [0.29, 0.717) is 11.6 Å². The van der Waals surface area contributed by atoms with Crippen LogP contribution in [0.25, 0.3) is 0 Å². The van der Waals surface area contributed by atoms with Crippen molar-refractivity contribution in [3.05, 3.63) is 101 Å². The van der Waals surface area contributed by atoms with Crippen LogP contribution in [0.3, 0.4) is 0 Å². The molecular weight excluding hydrogens is 370 g/mol. The molecule has 0 amide bonds. The highest BCUT2D eigenvalue weighted by molar-refractivity contribution is 6.30. The third kappa shape index (κ3) is 5.59. The SMILES string of the molecule is CC(Cc1ccc(OCc2ccccc2)cc1)[C@@H](N)[C@H](O)c1cccc(Cl)c1. The number of rotatable bonds is 8. The molecule has 0 radical (unpaired) electrons. The Balaban J connectivity index is 1.55. The molecule has 0 spiro atoms. The summed E-state index contributed by atoms with van der Waals surface area (Å²) in [6, 6.07) is 25.0. The van der Waals surface area contributed by atoms with Crippen LogP contribution in [0.5, 0.6) is 5.75 Å². The molecule has 0 aliphatic carbocycles. The molecule has 0 fully saturated rings. The minimum Gasteiger partial charge on any atom is -0.489 e. The Morgan fingerprint density at radius 2 is 1.64 bits per heavy atom. The van der Waals surface area contributed by atoms with Crippen molar-refractivity contribution < 1.29 is 9.84 Å². The normalized spacial score (nSPS) is 14.3. The number of halogens is 1. The topological polar surface area (TPSA) is 55.5 Å². The van der Waals surface area contributed by atoms with Gasteiger partial charge in [-0.25, -0.2) is 0 Å². The molecule has 0 aliphatic rings. The zero-order valence-electron chi connectivity index (χ0n) is 16.0. The summed E-state index contributed by atoms with van der Waals surface area (Å²) in [4.78, 5) is 0. The molecule has 0 saturated heterocycles. The molecular formula is C24H26ClNO2. The van der Waals surface area contributed by atoms with Gasteiger partial charge in [0, 0.05) is 11.1 Å². The van der Waals surface area contributed by atoms with Gasteiger partial charge in [0.1, 0.15) is 12.4 Å². The van der Waals surface area contributed by atoms with Crippen molar-refractivity contribution in [3.63, 3.8) is 0 Å². The summed E-state index contributed by atoms with van der Waals surface area (Å²) in [5.41, 5.74) is 9.36. The number of hydrogen-bond acceptors (Lipinski definition) is 3. The van der Waals surface area contributed by atoms with Gasteiger partial charge in [-0.1, -0.05) is 73.1 Å². The Hall–Kier alpha value is -2.33. The van der Waals surface area contributed by atoms with Gasteiger partial charge in [0.2, 0.25) is 0 Å². The predicted octanol–water partition coefficient (Wildman–Crippen LogP) is 5.16. The largest absolute Gasteiger partial charge is 0.489 e. The number of ether oxygens (including phenoxy) is 1. The number of aliphatic hydroxyl groups is 1. The first kappa shape index (κ1) is 20.4. The van der Waals surface area contributed by atoms with Crippen molar-refractivity contribution in [2.45, 2.75) is 32.1 Å². The first-order chi connectivity index (χ1) is 13.5. The number of hydrogen-bond donors (Lipinski definition) is 2. The minimum atomic E-state index is -0.748. The Morgan fingerprint density at radius 1 is 0.929 bits per heavy atom. The van der Waals surface area contributed by atoms with Crippen LogP contribution in [0.4, 0.5) is 0 Å². The lowest BCUT2D eigenvalue weighted by atomic mass is 9.88. The average Bonchev–Trinajstić information content (AvgIpc) is 2.73. The lowest BCUT2D eigenvalue weighted by molar-refractivity contribution is 0.121. The maximum atomic E-state index is 10.6. The van der Waals surface area contributed by atoms with E-state index in [1.54, 1.807) is 12.1 Å². The Morgan fingerprint density at radius 3 is 2.32 bits per heavy atom. The monoisotopic (exact) mass is 395 g/mol. The fourth-order valence-corrected chi connectivity index (χ4v) is 3.39. The van der Waals surface area contributed by atoms with Crippen molar-refractivity contribution in [1.82, 2.24) is 0 Å². The zero-order chi connectivity index (χ0) is 19.9. The van der Waals surface area contributed by atoms with E-state index < -0.39 is 6.10 Å². The van der Waals surface area contributed by atoms with Crippen LogP contribution in [0.1, 0.15) is 29.7 Å². The maximum Gasteiger partial charge on any atom is 0.119 e. The third-order valence-corrected chi connectivity index (χ3v) is 5.18. The number of nitrogens with two attached hydrogens (primary N) is 1. The highest BCUT2D eigenvalue weighted by Crippen LogP contribution is 2.25. The molecule has 0 bridgehead atoms. The molecule has 3 nitrogen and oxygen atoms in total. The molecule has 0 heterocycles. The first-order valence-electron chi connectivity index (χ1n) is 9.47. The van der Waals surface area contributed by atoms with Crippen molar-refractivity contribution in [1.29, 1.82) is 0 Å². The molecule has 1 unspecified atom stereocenters. The maximum absolute atomic E-state index is 10.6. The van der Waals surface area contributed by atoms with Gasteiger partial charge in [0.25, 0.3) is 0 Å². The summed E-state index contributed by atoms with van der Waals surface area (Å²) < 4.78 is 5.83. The molecule has 3 aromatic rings. The van der Waals surface area contributed by atoms with Gasteiger partial charge in [-0.2, -0.15) is 0 Å². The quantitative estimate of drug-likeness (QED) is 0.554. The van der Waals surface area contributed by atoms with Crippen molar-refractivity contribution in [2.24, 2.45) is 11.7 Å². The summed E-state index contributed by atoms with van der Waals surface area (Å²) in [5.74, 6) is 0.939. The zero-order valence-corrected chi connectivity index (χ0v) is 16.7. The van der Waals surface area contributed by atoms with Crippen LogP contribution in [0.15, 0.2) is 78.9 Å². The van der Waals surface area contributed by atoms with Gasteiger partial charge in [-0.15, -0.1) is 0 Å². The predicted molar refractivity (Wildman–Crippen MR) is 114 cm³/mol. The van der Waals surface area contributed by atoms with Crippen molar-refractivity contribution in [3.8, 4) is 5.75 Å². The van der Waals surface area contributed by atoms with Crippen LogP contribution in [-0.4, -0.2) is 11.1 Å². The Kier molecular flexibility index (Phi) is 7.10. The van der Waals surface area contributed by atoms with Gasteiger partial charge in [-0.3, -0.25) is 0 Å². The summed E-state index contributed by atoms with van der Waals surface area (Å²) >= 11 is 6.02. The van der Waals surface area contributed by atoms with E-state index in [1.165, 1.54) is 0 Å². The summed E-state index contributed by atoms with van der Waals surface area (Å²) in [7, 11) is 0. The second-order valence-electron chi connectivity index (χ2n) is 7.18. The van der Waals surface area contributed by atoms with Gasteiger partial charge >= 0.3 is 0 Å². The van der Waals surface area contributed by atoms with Crippen LogP contribution < -0.4 is 10.5 Å². The van der Waals surface area contributed by atoms with E-state index >= 15 is 0 Å². The van der Waals surface area contributed by atoms with Crippen LogP contribution in [-0.2, 0) is 13.0 Å². The van der Waals surface area contributed by atoms with Gasteiger partial charge in [0.15, 0.2) is 0 Å². The molecule has 3 N–H and O–H groups in total. The number of aliphatic hydroxyl groups excluding tert-OH is 1. The first-order valence-corrected chi connectivity index (χ1v) is 9.85. The van der Waals surface area contributed by atoms with Gasteiger partial charge in [-0.05, 0) is 53.3 Å². The second kappa shape index (κ2) is 9.74. The van der Waals surface area contributed by atoms with E-state index in [9.17, 15) is 5.11 Å². The van der Waals surface area contributed by atoms with E-state index in [-0.39, 0.29) is 12.0 Å². The average molecular weight is 396 g/mol. The van der Waals surface area contributed by atoms with Crippen molar-refractivity contribution in [2.75, 3.05) is 0 Å². The molecule has 28 heavy (non-hydrogen) atoms. The second-order valence-corrected chi connectivity index (χ2v) is 7.61. The lowest BCUT2D eigenvalue weighted by Gasteiger charge is -2.25. The molecule has 0 saturated carbocycles. The smallest absolute Gasteiger partial charge is 0.119 e. The van der Waals surface area contributed by atoms with Crippen molar-refractivity contribution >= 4 is 11.6 Å². The Labute approximate surface area is 171 Å². The molecule has 146 valence electrons. The van der Waals surface area contributed by atoms with Crippen LogP contribution in [0.2, 0.25) is 5.02 Å². The van der Waals surface area contributed by atoms with Crippen LogP contribution >= 0.6 is 11.6 Å². The van der Waals surface area contributed by atoms with E-state index in [0.717, 1.165) is 28.9 Å². The standard InChI is InChI=1S/C24H26ClNO2/c1-17(23(26)24(27)20-8-5-9-21(25)15-20)14-18-10-12-22(13-11-18)28-16-19-6-3-2-4-7-19/h2-13,15,17,23-24,27H,14,16,26H2,1H3/t17?,23-,24-/m1/s1. The molecule has 4 heteroatoms. The molecule has 3 rings (SSSR count). The fourth-order valence-electron chi connectivity index (χ4n) is 3.19.